The third kappa shape index (κ3) is 3.36. The van der Waals surface area contributed by atoms with Crippen LogP contribution in [0.3, 0.4) is 0 Å². The maximum atomic E-state index is 3.96. The maximum Gasteiger partial charge on any atom is 0.244 e. The summed E-state index contributed by atoms with van der Waals surface area (Å²) < 4.78 is 3.58. The first kappa shape index (κ1) is 28.4. The van der Waals surface area contributed by atoms with Gasteiger partial charge in [0.1, 0.15) is 0 Å². The van der Waals surface area contributed by atoms with Crippen molar-refractivity contribution in [3.05, 3.63) is 140 Å². The van der Waals surface area contributed by atoms with Gasteiger partial charge < -0.3 is 0 Å². The Morgan fingerprint density at radius 3 is 1.43 bits per heavy atom. The van der Waals surface area contributed by atoms with Crippen LogP contribution in [0.5, 0.6) is 0 Å². The normalized spacial score (nSPS) is 13.7. The first-order chi connectivity index (χ1) is 25.0. The molecular formula is C46H21B2Br2I. The lowest BCUT2D eigenvalue weighted by atomic mass is 9.34. The topological polar surface area (TPSA) is 0 Å². The fraction of sp³-hybridized carbons (Fsp3) is 0. The summed E-state index contributed by atoms with van der Waals surface area (Å²) in [6.07, 6.45) is 0. The predicted molar refractivity (Wildman–Crippen MR) is 235 cm³/mol. The van der Waals surface area contributed by atoms with Crippen molar-refractivity contribution >= 4 is 133 Å². The zero-order valence-corrected chi connectivity index (χ0v) is 32.2. The molecule has 9 aromatic rings. The quantitative estimate of drug-likeness (QED) is 0.0877. The molecular weight excluding hydrogens is 861 g/mol. The van der Waals surface area contributed by atoms with Gasteiger partial charge in [-0.3, -0.25) is 0 Å². The maximum absolute atomic E-state index is 3.96. The standard InChI is InChI=1S/C46H21B2Br2I/c49-23-14-31-25-10-5-7-13-37(25)48-39-20-35-40(51)21-30-34-17-24(50)15-32-26-11-4-6-12-36(26)47(46(32)34)38-19-29-27(22-8-2-1-3-9-22)18-28(33(16-23)45(31)48)41(39)43(29)44(35)42(30)38/h1-21H. The lowest BCUT2D eigenvalue weighted by Gasteiger charge is -2.32. The van der Waals surface area contributed by atoms with E-state index in [-0.39, 0.29) is 13.4 Å². The third-order valence-electron chi connectivity index (χ3n) is 12.4. The van der Waals surface area contributed by atoms with Crippen molar-refractivity contribution in [1.82, 2.24) is 0 Å². The molecule has 4 heterocycles. The number of fused-ring (bicyclic) bond motifs is 10. The zero-order chi connectivity index (χ0) is 33.4. The Balaban J connectivity index is 1.29. The molecule has 0 unspecified atom stereocenters. The minimum absolute atomic E-state index is 0.190. The number of hydrogen-bond donors (Lipinski definition) is 0. The van der Waals surface area contributed by atoms with Gasteiger partial charge in [0.15, 0.2) is 0 Å². The molecule has 0 aromatic heterocycles. The first-order valence-corrected chi connectivity index (χ1v) is 20.1. The summed E-state index contributed by atoms with van der Waals surface area (Å²) in [6, 6.07) is 49.0. The number of benzene rings is 9. The van der Waals surface area contributed by atoms with E-state index in [1.165, 1.54) is 124 Å². The molecule has 0 fully saturated rings. The average Bonchev–Trinajstić information content (AvgIpc) is 3.66. The van der Waals surface area contributed by atoms with Crippen LogP contribution in [-0.2, 0) is 0 Å². The number of halogens is 3. The van der Waals surface area contributed by atoms with Crippen LogP contribution in [0.25, 0.3) is 88.0 Å². The van der Waals surface area contributed by atoms with Crippen molar-refractivity contribution in [2.45, 2.75) is 0 Å². The molecule has 0 nitrogen and oxygen atoms in total. The van der Waals surface area contributed by atoms with Gasteiger partial charge in [-0.25, -0.2) is 0 Å². The predicted octanol–water partition coefficient (Wildman–Crippen LogP) is 9.33. The molecule has 9 aromatic carbocycles. The van der Waals surface area contributed by atoms with E-state index >= 15 is 0 Å². The molecule has 0 aliphatic carbocycles. The van der Waals surface area contributed by atoms with Crippen molar-refractivity contribution < 1.29 is 0 Å². The van der Waals surface area contributed by atoms with Gasteiger partial charge in [0.25, 0.3) is 0 Å². The minimum Gasteiger partial charge on any atom is -0.0664 e. The van der Waals surface area contributed by atoms with E-state index in [4.69, 9.17) is 0 Å². The fourth-order valence-electron chi connectivity index (χ4n) is 10.7. The molecule has 13 rings (SSSR count). The highest BCUT2D eigenvalue weighted by Gasteiger charge is 2.44. The molecule has 0 saturated carbocycles. The monoisotopic (exact) mass is 880 g/mol. The summed E-state index contributed by atoms with van der Waals surface area (Å²) in [5.41, 5.74) is 22.1. The Kier molecular flexibility index (Phi) is 5.37. The van der Waals surface area contributed by atoms with Crippen molar-refractivity contribution in [3.63, 3.8) is 0 Å². The number of rotatable bonds is 1. The summed E-state index contributed by atoms with van der Waals surface area (Å²) in [5, 5.41) is 8.41. The van der Waals surface area contributed by atoms with E-state index in [2.05, 4.69) is 182 Å². The van der Waals surface area contributed by atoms with Crippen LogP contribution in [-0.4, -0.2) is 13.4 Å². The van der Waals surface area contributed by atoms with Gasteiger partial charge in [0.2, 0.25) is 13.4 Å². The molecule has 0 atom stereocenters. The van der Waals surface area contributed by atoms with E-state index < -0.39 is 0 Å². The van der Waals surface area contributed by atoms with Crippen molar-refractivity contribution in [1.29, 1.82) is 0 Å². The molecule has 0 spiro atoms. The molecule has 232 valence electrons. The summed E-state index contributed by atoms with van der Waals surface area (Å²) in [7, 11) is 0. The lowest BCUT2D eigenvalue weighted by Crippen LogP contribution is -2.53. The van der Waals surface area contributed by atoms with Crippen LogP contribution in [0.15, 0.2) is 136 Å². The van der Waals surface area contributed by atoms with Gasteiger partial charge in [0, 0.05) is 12.5 Å². The molecule has 0 bridgehead atoms. The summed E-state index contributed by atoms with van der Waals surface area (Å²) in [5.74, 6) is 0. The zero-order valence-electron chi connectivity index (χ0n) is 26.9. The highest BCUT2D eigenvalue weighted by molar-refractivity contribution is 14.1. The lowest BCUT2D eigenvalue weighted by molar-refractivity contribution is 1.62. The van der Waals surface area contributed by atoms with Gasteiger partial charge in [-0.2, -0.15) is 0 Å². The van der Waals surface area contributed by atoms with E-state index in [0.717, 1.165) is 8.95 Å². The second-order valence-corrected chi connectivity index (χ2v) is 17.6. The molecule has 0 radical (unpaired) electrons. The van der Waals surface area contributed by atoms with Crippen molar-refractivity contribution in [2.24, 2.45) is 0 Å². The smallest absolute Gasteiger partial charge is 0.0664 e. The molecule has 5 heteroatoms. The SMILES string of the molecule is Brc1cc2c3c(c1)-c1cc(I)c4cc5c6c(cc(-c7ccccc7)c7cc(c1c4c76)B3c1ccccc1-2)-c1cc(Br)cc2c1B5c1ccccc1-2. The van der Waals surface area contributed by atoms with Crippen LogP contribution < -0.4 is 32.8 Å². The van der Waals surface area contributed by atoms with Crippen LogP contribution >= 0.6 is 54.5 Å². The summed E-state index contributed by atoms with van der Waals surface area (Å²) in [4.78, 5) is 0. The Morgan fingerprint density at radius 2 is 0.843 bits per heavy atom. The van der Waals surface area contributed by atoms with Gasteiger partial charge in [-0.15, -0.1) is 0 Å². The van der Waals surface area contributed by atoms with Gasteiger partial charge in [-0.05, 0) is 147 Å². The van der Waals surface area contributed by atoms with E-state index in [9.17, 15) is 0 Å². The van der Waals surface area contributed by atoms with Gasteiger partial charge in [-0.1, -0.05) is 156 Å². The average molecular weight is 882 g/mol. The van der Waals surface area contributed by atoms with Gasteiger partial charge in [0.05, 0.1) is 0 Å². The second kappa shape index (κ2) is 9.63. The largest absolute Gasteiger partial charge is 0.244 e. The van der Waals surface area contributed by atoms with Crippen LogP contribution in [0.1, 0.15) is 0 Å². The van der Waals surface area contributed by atoms with Crippen LogP contribution in [0, 0.1) is 3.57 Å². The second-order valence-electron chi connectivity index (χ2n) is 14.6. The summed E-state index contributed by atoms with van der Waals surface area (Å²) >= 11 is 10.5. The molecule has 51 heavy (non-hydrogen) atoms. The molecule has 0 saturated heterocycles. The Bertz CT molecular complexity index is 3130. The molecule has 4 aliphatic heterocycles. The van der Waals surface area contributed by atoms with E-state index in [0.29, 0.717) is 0 Å². The minimum atomic E-state index is 0.190. The van der Waals surface area contributed by atoms with Crippen LogP contribution in [0.2, 0.25) is 0 Å². The molecule has 0 N–H and O–H groups in total. The summed E-state index contributed by atoms with van der Waals surface area (Å²) in [6.45, 7) is 0.389. The van der Waals surface area contributed by atoms with Crippen molar-refractivity contribution in [2.75, 3.05) is 0 Å². The van der Waals surface area contributed by atoms with Gasteiger partial charge >= 0.3 is 0 Å². The Morgan fingerprint density at radius 1 is 0.373 bits per heavy atom. The highest BCUT2D eigenvalue weighted by Crippen LogP contribution is 2.50. The van der Waals surface area contributed by atoms with Crippen molar-refractivity contribution in [3.8, 4) is 55.6 Å². The van der Waals surface area contributed by atoms with Crippen LogP contribution in [0.4, 0.5) is 0 Å². The fourth-order valence-corrected chi connectivity index (χ4v) is 12.3. The molecule has 0 amide bonds. The van der Waals surface area contributed by atoms with E-state index in [1.807, 2.05) is 0 Å². The Hall–Kier alpha value is -4.16. The van der Waals surface area contributed by atoms with E-state index in [1.54, 1.807) is 0 Å². The molecule has 4 aliphatic rings. The Labute approximate surface area is 325 Å². The first-order valence-electron chi connectivity index (χ1n) is 17.5. The number of hydrogen-bond acceptors (Lipinski definition) is 0. The third-order valence-corrected chi connectivity index (χ3v) is 14.2. The highest BCUT2D eigenvalue weighted by atomic mass is 127.